The fourth-order valence-electron chi connectivity index (χ4n) is 1.43. The van der Waals surface area contributed by atoms with Crippen LogP contribution in [0, 0.1) is 5.41 Å². The van der Waals surface area contributed by atoms with Crippen molar-refractivity contribution in [2.75, 3.05) is 10.6 Å². The number of anilines is 2. The number of hydrogen-bond acceptors (Lipinski definition) is 3. The second-order valence-corrected chi connectivity index (χ2v) is 5.40. The zero-order valence-corrected chi connectivity index (χ0v) is 11.4. The largest absolute Gasteiger partial charge is 0.351 e. The van der Waals surface area contributed by atoms with Crippen LogP contribution in [0.4, 0.5) is 16.2 Å². The highest BCUT2D eigenvalue weighted by atomic mass is 16.2. The summed E-state index contributed by atoms with van der Waals surface area (Å²) in [6.45, 7) is 5.67. The first kappa shape index (κ1) is 15.0. The van der Waals surface area contributed by atoms with Gasteiger partial charge in [-0.1, -0.05) is 26.8 Å². The van der Waals surface area contributed by atoms with E-state index in [0.717, 1.165) is 0 Å². The molecule has 0 fully saturated rings. The first-order chi connectivity index (χ1) is 8.70. The van der Waals surface area contributed by atoms with E-state index in [1.165, 1.54) is 0 Å². The van der Waals surface area contributed by atoms with Crippen molar-refractivity contribution in [1.82, 2.24) is 0 Å². The molecular weight excluding hydrogens is 244 g/mol. The summed E-state index contributed by atoms with van der Waals surface area (Å²) in [6, 6.07) is 5.40. The van der Waals surface area contributed by atoms with E-state index < -0.39 is 12.1 Å². The Hall–Kier alpha value is -2.08. The molecule has 1 aromatic carbocycles. The molecule has 1 rings (SSSR count). The summed E-state index contributed by atoms with van der Waals surface area (Å²) in [4.78, 5) is 22.7. The molecule has 6 nitrogen and oxygen atoms in total. The number of benzene rings is 1. The predicted molar refractivity (Wildman–Crippen MR) is 75.7 cm³/mol. The SMILES string of the molecule is CC(C)(C)[C@@H](N)C(=O)Nc1cccc(NC(N)=O)c1. The molecule has 0 aliphatic carbocycles. The zero-order valence-electron chi connectivity index (χ0n) is 11.4. The lowest BCUT2D eigenvalue weighted by atomic mass is 9.87. The summed E-state index contributed by atoms with van der Waals surface area (Å²) in [5.74, 6) is -0.274. The van der Waals surface area contributed by atoms with Crippen molar-refractivity contribution in [3.05, 3.63) is 24.3 Å². The molecule has 0 aliphatic rings. The van der Waals surface area contributed by atoms with E-state index in [1.54, 1.807) is 24.3 Å². The Morgan fingerprint density at radius 1 is 1.16 bits per heavy atom. The third-order valence-electron chi connectivity index (χ3n) is 2.61. The minimum Gasteiger partial charge on any atom is -0.351 e. The highest BCUT2D eigenvalue weighted by Crippen LogP contribution is 2.20. The number of carbonyl (C=O) groups excluding carboxylic acids is 2. The average molecular weight is 264 g/mol. The van der Waals surface area contributed by atoms with Gasteiger partial charge >= 0.3 is 6.03 Å². The summed E-state index contributed by atoms with van der Waals surface area (Å²) in [6.07, 6.45) is 0. The summed E-state index contributed by atoms with van der Waals surface area (Å²) in [7, 11) is 0. The quantitative estimate of drug-likeness (QED) is 0.663. The van der Waals surface area contributed by atoms with E-state index in [0.29, 0.717) is 11.4 Å². The van der Waals surface area contributed by atoms with Crippen molar-refractivity contribution in [3.8, 4) is 0 Å². The van der Waals surface area contributed by atoms with E-state index in [-0.39, 0.29) is 11.3 Å². The molecule has 0 spiro atoms. The third kappa shape index (κ3) is 4.59. The van der Waals surface area contributed by atoms with E-state index in [1.807, 2.05) is 20.8 Å². The van der Waals surface area contributed by atoms with Crippen molar-refractivity contribution in [1.29, 1.82) is 0 Å². The number of carbonyl (C=O) groups is 2. The van der Waals surface area contributed by atoms with Crippen molar-refractivity contribution in [3.63, 3.8) is 0 Å². The Balaban J connectivity index is 2.77. The number of urea groups is 1. The molecule has 1 aromatic rings. The van der Waals surface area contributed by atoms with Gasteiger partial charge in [-0.25, -0.2) is 4.79 Å². The number of amides is 3. The van der Waals surface area contributed by atoms with E-state index in [4.69, 9.17) is 11.5 Å². The molecule has 0 aromatic heterocycles. The monoisotopic (exact) mass is 264 g/mol. The molecule has 3 amide bonds. The molecule has 0 unspecified atom stereocenters. The van der Waals surface area contributed by atoms with Gasteiger partial charge in [0.1, 0.15) is 0 Å². The topological polar surface area (TPSA) is 110 Å². The van der Waals surface area contributed by atoms with Crippen LogP contribution in [0.2, 0.25) is 0 Å². The van der Waals surface area contributed by atoms with Crippen LogP contribution < -0.4 is 22.1 Å². The van der Waals surface area contributed by atoms with Gasteiger partial charge in [-0.2, -0.15) is 0 Å². The van der Waals surface area contributed by atoms with Crippen LogP contribution in [0.15, 0.2) is 24.3 Å². The van der Waals surface area contributed by atoms with Gasteiger partial charge in [0, 0.05) is 11.4 Å². The molecule has 1 atom stereocenters. The van der Waals surface area contributed by atoms with Crippen LogP contribution >= 0.6 is 0 Å². The first-order valence-electron chi connectivity index (χ1n) is 5.93. The first-order valence-corrected chi connectivity index (χ1v) is 5.93. The smallest absolute Gasteiger partial charge is 0.316 e. The Morgan fingerprint density at radius 2 is 1.68 bits per heavy atom. The molecule has 0 heterocycles. The van der Waals surface area contributed by atoms with Crippen LogP contribution in [0.3, 0.4) is 0 Å². The molecule has 0 aliphatic heterocycles. The molecule has 19 heavy (non-hydrogen) atoms. The number of hydrogen-bond donors (Lipinski definition) is 4. The third-order valence-corrected chi connectivity index (χ3v) is 2.61. The zero-order chi connectivity index (χ0) is 14.6. The van der Waals surface area contributed by atoms with Crippen LogP contribution in [0.5, 0.6) is 0 Å². The van der Waals surface area contributed by atoms with Gasteiger partial charge in [0.25, 0.3) is 0 Å². The molecule has 0 bridgehead atoms. The Morgan fingerprint density at radius 3 is 2.16 bits per heavy atom. The number of nitrogens with two attached hydrogens (primary N) is 2. The average Bonchev–Trinajstić information content (AvgIpc) is 2.26. The van der Waals surface area contributed by atoms with E-state index >= 15 is 0 Å². The van der Waals surface area contributed by atoms with Crippen LogP contribution in [-0.4, -0.2) is 18.0 Å². The normalized spacial score (nSPS) is 12.6. The van der Waals surface area contributed by atoms with Gasteiger partial charge in [0.15, 0.2) is 0 Å². The molecular formula is C13H20N4O2. The highest BCUT2D eigenvalue weighted by molar-refractivity contribution is 5.96. The molecule has 0 saturated heterocycles. The maximum atomic E-state index is 11.9. The van der Waals surface area contributed by atoms with Crippen molar-refractivity contribution in [2.45, 2.75) is 26.8 Å². The Labute approximate surface area is 112 Å². The second kappa shape index (κ2) is 5.71. The second-order valence-electron chi connectivity index (χ2n) is 5.40. The van der Waals surface area contributed by atoms with Gasteiger partial charge < -0.3 is 22.1 Å². The number of nitrogens with one attached hydrogen (secondary N) is 2. The van der Waals surface area contributed by atoms with Crippen molar-refractivity contribution >= 4 is 23.3 Å². The Kier molecular flexibility index (Phi) is 4.50. The van der Waals surface area contributed by atoms with Crippen LogP contribution in [0.1, 0.15) is 20.8 Å². The molecule has 6 N–H and O–H groups in total. The molecule has 0 radical (unpaired) electrons. The predicted octanol–water partition coefficient (Wildman–Crippen LogP) is 1.49. The highest BCUT2D eigenvalue weighted by Gasteiger charge is 2.27. The standard InChI is InChI=1S/C13H20N4O2/c1-13(2,3)10(14)11(18)16-8-5-4-6-9(7-8)17-12(15)19/h4-7,10H,14H2,1-3H3,(H,16,18)(H3,15,17,19)/t10-/m0/s1. The van der Waals surface area contributed by atoms with Gasteiger partial charge in [0.05, 0.1) is 6.04 Å². The lowest BCUT2D eigenvalue weighted by Gasteiger charge is -2.25. The van der Waals surface area contributed by atoms with E-state index in [2.05, 4.69) is 10.6 Å². The number of primary amides is 1. The van der Waals surface area contributed by atoms with Crippen LogP contribution in [0.25, 0.3) is 0 Å². The summed E-state index contributed by atoms with van der Waals surface area (Å²) in [5, 5.41) is 5.14. The van der Waals surface area contributed by atoms with Crippen molar-refractivity contribution in [2.24, 2.45) is 16.9 Å². The van der Waals surface area contributed by atoms with Gasteiger partial charge in [0.2, 0.25) is 5.91 Å². The minimum absolute atomic E-state index is 0.274. The fourth-order valence-corrected chi connectivity index (χ4v) is 1.43. The van der Waals surface area contributed by atoms with E-state index in [9.17, 15) is 9.59 Å². The maximum Gasteiger partial charge on any atom is 0.316 e. The lowest BCUT2D eigenvalue weighted by Crippen LogP contribution is -2.45. The Bertz CT molecular complexity index is 480. The molecule has 104 valence electrons. The van der Waals surface area contributed by atoms with Gasteiger partial charge in [-0.3, -0.25) is 4.79 Å². The summed E-state index contributed by atoms with van der Waals surface area (Å²) >= 11 is 0. The van der Waals surface area contributed by atoms with Gasteiger partial charge in [-0.15, -0.1) is 0 Å². The molecule has 6 heteroatoms. The fraction of sp³-hybridized carbons (Fsp3) is 0.385. The summed E-state index contributed by atoms with van der Waals surface area (Å²) < 4.78 is 0. The van der Waals surface area contributed by atoms with Gasteiger partial charge in [-0.05, 0) is 23.6 Å². The lowest BCUT2D eigenvalue weighted by molar-refractivity contribution is -0.119. The molecule has 0 saturated carbocycles. The van der Waals surface area contributed by atoms with Crippen LogP contribution in [-0.2, 0) is 4.79 Å². The summed E-state index contributed by atoms with van der Waals surface area (Å²) in [5.41, 5.74) is 11.6. The number of rotatable bonds is 3. The minimum atomic E-state index is -0.658. The maximum absolute atomic E-state index is 11.9. The van der Waals surface area contributed by atoms with Crippen molar-refractivity contribution < 1.29 is 9.59 Å².